The summed E-state index contributed by atoms with van der Waals surface area (Å²) in [4.78, 5) is 0. The quantitative estimate of drug-likeness (QED) is 0.626. The Bertz CT molecular complexity index is 551. The molecule has 0 spiro atoms. The van der Waals surface area contributed by atoms with Crippen LogP contribution in [0.3, 0.4) is 0 Å². The Morgan fingerprint density at radius 3 is 2.42 bits per heavy atom. The van der Waals surface area contributed by atoms with Gasteiger partial charge in [0.05, 0.1) is 0 Å². The van der Waals surface area contributed by atoms with Crippen molar-refractivity contribution in [3.8, 4) is 0 Å². The lowest BCUT2D eigenvalue weighted by Crippen LogP contribution is -2.28. The molecule has 2 aromatic rings. The van der Waals surface area contributed by atoms with Crippen molar-refractivity contribution in [3.05, 3.63) is 46.4 Å². The molecule has 2 nitrogen and oxygen atoms in total. The van der Waals surface area contributed by atoms with E-state index < -0.39 is 0 Å². The van der Waals surface area contributed by atoms with E-state index in [0.717, 1.165) is 10.9 Å². The van der Waals surface area contributed by atoms with Crippen LogP contribution in [0.2, 0.25) is 0 Å². The fraction of sp³-hybridized carbons (Fsp3) is 0.375. The van der Waals surface area contributed by atoms with Gasteiger partial charge in [-0.15, -0.1) is 0 Å². The van der Waals surface area contributed by atoms with Crippen LogP contribution in [-0.4, -0.2) is 0 Å². The molecule has 3 N–H and O–H groups in total. The van der Waals surface area contributed by atoms with E-state index in [1.807, 2.05) is 0 Å². The second-order valence-corrected chi connectivity index (χ2v) is 6.36. The van der Waals surface area contributed by atoms with E-state index in [1.54, 1.807) is 0 Å². The molecule has 2 aromatic carbocycles. The van der Waals surface area contributed by atoms with Gasteiger partial charge in [0.25, 0.3) is 0 Å². The maximum atomic E-state index is 5.70. The van der Waals surface area contributed by atoms with E-state index in [1.165, 1.54) is 22.8 Å². The molecule has 0 aliphatic heterocycles. The summed E-state index contributed by atoms with van der Waals surface area (Å²) >= 11 is 3.50. The van der Waals surface area contributed by atoms with E-state index in [-0.39, 0.29) is 6.04 Å². The summed E-state index contributed by atoms with van der Waals surface area (Å²) < 4.78 is 1.11. The number of rotatable bonds is 5. The fourth-order valence-electron chi connectivity index (χ4n) is 2.30. The Morgan fingerprint density at radius 2 is 1.74 bits per heavy atom. The van der Waals surface area contributed by atoms with Crippen LogP contribution in [-0.2, 0) is 0 Å². The first-order chi connectivity index (χ1) is 9.10. The Labute approximate surface area is 123 Å². The minimum atomic E-state index is 0.232. The number of nitrogens with one attached hydrogen (secondary N) is 1. The highest BCUT2D eigenvalue weighted by atomic mass is 79.9. The van der Waals surface area contributed by atoms with Gasteiger partial charge in [0.2, 0.25) is 0 Å². The normalized spacial score (nSPS) is 13.1. The molecular weight excluding hydrogens is 300 g/mol. The van der Waals surface area contributed by atoms with E-state index in [4.69, 9.17) is 5.84 Å². The van der Waals surface area contributed by atoms with Crippen molar-refractivity contribution in [2.24, 2.45) is 11.8 Å². The van der Waals surface area contributed by atoms with Gasteiger partial charge < -0.3 is 0 Å². The van der Waals surface area contributed by atoms with Crippen LogP contribution >= 0.6 is 15.9 Å². The molecule has 0 aromatic heterocycles. The van der Waals surface area contributed by atoms with Gasteiger partial charge >= 0.3 is 0 Å². The lowest BCUT2D eigenvalue weighted by Gasteiger charge is -2.18. The van der Waals surface area contributed by atoms with E-state index in [0.29, 0.717) is 5.92 Å². The second kappa shape index (κ2) is 6.51. The molecule has 0 saturated heterocycles. The minimum absolute atomic E-state index is 0.232. The summed E-state index contributed by atoms with van der Waals surface area (Å²) in [6, 6.07) is 13.1. The van der Waals surface area contributed by atoms with Crippen LogP contribution in [0.15, 0.2) is 40.9 Å². The van der Waals surface area contributed by atoms with Crippen molar-refractivity contribution in [3.63, 3.8) is 0 Å². The molecule has 0 amide bonds. The number of hydrazine groups is 1. The zero-order valence-electron chi connectivity index (χ0n) is 11.5. The molecule has 1 atom stereocenters. The van der Waals surface area contributed by atoms with Gasteiger partial charge in [-0.1, -0.05) is 48.0 Å². The average molecular weight is 321 g/mol. The molecule has 102 valence electrons. The van der Waals surface area contributed by atoms with Crippen molar-refractivity contribution < 1.29 is 0 Å². The summed E-state index contributed by atoms with van der Waals surface area (Å²) in [7, 11) is 0. The Hall–Kier alpha value is -0.900. The van der Waals surface area contributed by atoms with Crippen LogP contribution in [0.4, 0.5) is 0 Å². The molecule has 0 fully saturated rings. The molecule has 2 rings (SSSR count). The summed E-state index contributed by atoms with van der Waals surface area (Å²) in [6.45, 7) is 4.48. The zero-order valence-corrected chi connectivity index (χ0v) is 13.1. The maximum Gasteiger partial charge on any atom is 0.0460 e. The Morgan fingerprint density at radius 1 is 1.05 bits per heavy atom. The van der Waals surface area contributed by atoms with Gasteiger partial charge in [-0.05, 0) is 53.3 Å². The predicted molar refractivity (Wildman–Crippen MR) is 85.8 cm³/mol. The SMILES string of the molecule is CC(C)CCC(NN)c1ccc2cc(Br)ccc2c1. The van der Waals surface area contributed by atoms with Crippen molar-refractivity contribution in [1.29, 1.82) is 0 Å². The zero-order chi connectivity index (χ0) is 13.8. The molecule has 1 unspecified atom stereocenters. The topological polar surface area (TPSA) is 38.0 Å². The van der Waals surface area contributed by atoms with Crippen molar-refractivity contribution in [2.75, 3.05) is 0 Å². The standard InChI is InChI=1S/C16H21BrN2/c1-11(2)3-8-16(19-18)14-5-4-13-10-15(17)7-6-12(13)9-14/h4-7,9-11,16,19H,3,8,18H2,1-2H3. The lowest BCUT2D eigenvalue weighted by molar-refractivity contribution is 0.448. The largest absolute Gasteiger partial charge is 0.271 e. The lowest BCUT2D eigenvalue weighted by atomic mass is 9.96. The molecule has 0 heterocycles. The van der Waals surface area contributed by atoms with Crippen molar-refractivity contribution >= 4 is 26.7 Å². The first-order valence-electron chi connectivity index (χ1n) is 6.75. The smallest absolute Gasteiger partial charge is 0.0460 e. The van der Waals surface area contributed by atoms with E-state index >= 15 is 0 Å². The van der Waals surface area contributed by atoms with E-state index in [9.17, 15) is 0 Å². The highest BCUT2D eigenvalue weighted by molar-refractivity contribution is 9.10. The van der Waals surface area contributed by atoms with Gasteiger partial charge in [0, 0.05) is 10.5 Å². The number of nitrogens with two attached hydrogens (primary N) is 1. The van der Waals surface area contributed by atoms with Gasteiger partial charge in [-0.2, -0.15) is 0 Å². The molecule has 0 bridgehead atoms. The van der Waals surface area contributed by atoms with Crippen molar-refractivity contribution in [2.45, 2.75) is 32.7 Å². The van der Waals surface area contributed by atoms with E-state index in [2.05, 4.69) is 71.6 Å². The van der Waals surface area contributed by atoms with Gasteiger partial charge in [0.15, 0.2) is 0 Å². The average Bonchev–Trinajstić information content (AvgIpc) is 2.39. The molecule has 0 saturated carbocycles. The number of hydrogen-bond acceptors (Lipinski definition) is 2. The number of halogens is 1. The van der Waals surface area contributed by atoms with Crippen LogP contribution < -0.4 is 11.3 Å². The van der Waals surface area contributed by atoms with Crippen LogP contribution in [0.5, 0.6) is 0 Å². The first kappa shape index (κ1) is 14.5. The summed E-state index contributed by atoms with van der Waals surface area (Å²) in [5, 5.41) is 2.50. The second-order valence-electron chi connectivity index (χ2n) is 5.44. The molecular formula is C16H21BrN2. The monoisotopic (exact) mass is 320 g/mol. The highest BCUT2D eigenvalue weighted by Crippen LogP contribution is 2.26. The molecule has 19 heavy (non-hydrogen) atoms. The maximum absolute atomic E-state index is 5.70. The van der Waals surface area contributed by atoms with Crippen LogP contribution in [0.25, 0.3) is 10.8 Å². The van der Waals surface area contributed by atoms with Gasteiger partial charge in [-0.3, -0.25) is 11.3 Å². The summed E-state index contributed by atoms with van der Waals surface area (Å²) in [5.74, 6) is 6.40. The van der Waals surface area contributed by atoms with Gasteiger partial charge in [0.1, 0.15) is 0 Å². The highest BCUT2D eigenvalue weighted by Gasteiger charge is 2.11. The van der Waals surface area contributed by atoms with Crippen LogP contribution in [0, 0.1) is 5.92 Å². The third-order valence-electron chi connectivity index (χ3n) is 3.46. The Balaban J connectivity index is 2.25. The first-order valence-corrected chi connectivity index (χ1v) is 7.55. The number of hydrogen-bond donors (Lipinski definition) is 2. The molecule has 3 heteroatoms. The van der Waals surface area contributed by atoms with Crippen molar-refractivity contribution in [1.82, 2.24) is 5.43 Å². The predicted octanol–water partition coefficient (Wildman–Crippen LogP) is 4.54. The van der Waals surface area contributed by atoms with Gasteiger partial charge in [-0.25, -0.2) is 0 Å². The molecule has 0 radical (unpaired) electrons. The number of benzene rings is 2. The Kier molecular flexibility index (Phi) is 4.97. The molecule has 0 aliphatic rings. The summed E-state index contributed by atoms with van der Waals surface area (Å²) in [6.07, 6.45) is 2.24. The fourth-order valence-corrected chi connectivity index (χ4v) is 2.68. The minimum Gasteiger partial charge on any atom is -0.271 e. The van der Waals surface area contributed by atoms with Crippen LogP contribution in [0.1, 0.15) is 38.3 Å². The third-order valence-corrected chi connectivity index (χ3v) is 3.96. The summed E-state index contributed by atoms with van der Waals surface area (Å²) in [5.41, 5.74) is 4.20. The third kappa shape index (κ3) is 3.78. The molecule has 0 aliphatic carbocycles. The number of fused-ring (bicyclic) bond motifs is 1.